The van der Waals surface area contributed by atoms with Crippen molar-refractivity contribution in [1.82, 2.24) is 14.0 Å². The summed E-state index contributed by atoms with van der Waals surface area (Å²) in [5.74, 6) is 0. The molecule has 1 aromatic carbocycles. The standard InChI is InChI=1S/C20H25N3O3/c1-21-12-16(18(24)22(2)19(21)25)13-23-14-20(8-10-26-11-9-20)17(23)15-6-4-3-5-7-15/h3-7,12,17H,8-11,13-14H2,1-2H3. The van der Waals surface area contributed by atoms with E-state index in [9.17, 15) is 9.59 Å². The molecule has 6 heteroatoms. The molecule has 0 radical (unpaired) electrons. The number of rotatable bonds is 3. The van der Waals surface area contributed by atoms with E-state index in [1.807, 2.05) is 6.07 Å². The van der Waals surface area contributed by atoms with Gasteiger partial charge in [0, 0.05) is 63.6 Å². The molecule has 6 nitrogen and oxygen atoms in total. The van der Waals surface area contributed by atoms with Crippen molar-refractivity contribution in [3.63, 3.8) is 0 Å². The highest BCUT2D eigenvalue weighted by Gasteiger charge is 2.53. The summed E-state index contributed by atoms with van der Waals surface area (Å²) in [6, 6.07) is 10.8. The highest BCUT2D eigenvalue weighted by atomic mass is 16.5. The van der Waals surface area contributed by atoms with Crippen LogP contribution in [0.2, 0.25) is 0 Å². The van der Waals surface area contributed by atoms with Crippen LogP contribution >= 0.6 is 0 Å². The number of nitrogens with zero attached hydrogens (tertiary/aromatic N) is 3. The van der Waals surface area contributed by atoms with Gasteiger partial charge in [-0.25, -0.2) is 4.79 Å². The number of likely N-dealkylation sites (tertiary alicyclic amines) is 1. The predicted octanol–water partition coefficient (Wildman–Crippen LogP) is 1.44. The Balaban J connectivity index is 1.67. The van der Waals surface area contributed by atoms with E-state index in [1.54, 1.807) is 20.3 Å². The lowest BCUT2D eigenvalue weighted by atomic mass is 9.64. The van der Waals surface area contributed by atoms with Gasteiger partial charge < -0.3 is 9.30 Å². The first-order valence-electron chi connectivity index (χ1n) is 9.14. The van der Waals surface area contributed by atoms with Crippen LogP contribution in [0.5, 0.6) is 0 Å². The van der Waals surface area contributed by atoms with Gasteiger partial charge in [-0.3, -0.25) is 14.3 Å². The van der Waals surface area contributed by atoms with Gasteiger partial charge in [0.15, 0.2) is 0 Å². The van der Waals surface area contributed by atoms with Gasteiger partial charge in [-0.1, -0.05) is 30.3 Å². The zero-order chi connectivity index (χ0) is 18.3. The largest absolute Gasteiger partial charge is 0.381 e. The van der Waals surface area contributed by atoms with Crippen LogP contribution in [0.1, 0.15) is 30.0 Å². The lowest BCUT2D eigenvalue weighted by Crippen LogP contribution is -2.60. The average Bonchev–Trinajstić information content (AvgIpc) is 2.65. The molecule has 0 aliphatic carbocycles. The number of ether oxygens (including phenoxy) is 1. The van der Waals surface area contributed by atoms with Crippen LogP contribution in [0.25, 0.3) is 0 Å². The summed E-state index contributed by atoms with van der Waals surface area (Å²) in [6.45, 7) is 3.13. The average molecular weight is 355 g/mol. The minimum atomic E-state index is -0.289. The lowest BCUT2D eigenvalue weighted by molar-refractivity contribution is -0.139. The molecular weight excluding hydrogens is 330 g/mol. The van der Waals surface area contributed by atoms with Crippen LogP contribution < -0.4 is 11.2 Å². The fourth-order valence-corrected chi connectivity index (χ4v) is 4.62. The molecule has 2 aromatic rings. The third-order valence-electron chi connectivity index (χ3n) is 5.96. The Morgan fingerprint density at radius 2 is 1.81 bits per heavy atom. The normalized spacial score (nSPS) is 22.3. The fourth-order valence-electron chi connectivity index (χ4n) is 4.62. The van der Waals surface area contributed by atoms with E-state index in [-0.39, 0.29) is 22.7 Å². The second-order valence-corrected chi connectivity index (χ2v) is 7.60. The molecule has 4 rings (SSSR count). The molecule has 1 spiro atoms. The first kappa shape index (κ1) is 17.2. The summed E-state index contributed by atoms with van der Waals surface area (Å²) in [4.78, 5) is 26.8. The molecule has 2 aliphatic heterocycles. The first-order valence-corrected chi connectivity index (χ1v) is 9.14. The Morgan fingerprint density at radius 1 is 1.12 bits per heavy atom. The molecule has 1 aromatic heterocycles. The summed E-state index contributed by atoms with van der Waals surface area (Å²) in [7, 11) is 3.23. The van der Waals surface area contributed by atoms with Crippen molar-refractivity contribution in [2.24, 2.45) is 19.5 Å². The number of hydrogen-bond acceptors (Lipinski definition) is 4. The van der Waals surface area contributed by atoms with Crippen molar-refractivity contribution >= 4 is 0 Å². The van der Waals surface area contributed by atoms with Gasteiger partial charge in [-0.05, 0) is 18.4 Å². The molecule has 0 amide bonds. The summed E-state index contributed by atoms with van der Waals surface area (Å²) in [6.07, 6.45) is 3.78. The van der Waals surface area contributed by atoms with Crippen molar-refractivity contribution in [2.75, 3.05) is 19.8 Å². The zero-order valence-electron chi connectivity index (χ0n) is 15.4. The lowest BCUT2D eigenvalue weighted by Gasteiger charge is -2.59. The Morgan fingerprint density at radius 3 is 2.50 bits per heavy atom. The summed E-state index contributed by atoms with van der Waals surface area (Å²) < 4.78 is 8.27. The van der Waals surface area contributed by atoms with Gasteiger partial charge in [-0.15, -0.1) is 0 Å². The van der Waals surface area contributed by atoms with Crippen LogP contribution in [0.4, 0.5) is 0 Å². The van der Waals surface area contributed by atoms with Crippen LogP contribution in [-0.2, 0) is 25.4 Å². The van der Waals surface area contributed by atoms with E-state index in [4.69, 9.17) is 4.74 Å². The van der Waals surface area contributed by atoms with E-state index < -0.39 is 0 Å². The van der Waals surface area contributed by atoms with E-state index in [0.29, 0.717) is 12.1 Å². The second kappa shape index (κ2) is 6.52. The molecular formula is C20H25N3O3. The van der Waals surface area contributed by atoms with Crippen LogP contribution in [0, 0.1) is 5.41 Å². The van der Waals surface area contributed by atoms with Gasteiger partial charge in [-0.2, -0.15) is 0 Å². The van der Waals surface area contributed by atoms with Gasteiger partial charge in [0.2, 0.25) is 0 Å². The molecule has 1 unspecified atom stereocenters. The molecule has 3 heterocycles. The topological polar surface area (TPSA) is 56.5 Å². The number of hydrogen-bond donors (Lipinski definition) is 0. The Hall–Kier alpha value is -2.18. The maximum Gasteiger partial charge on any atom is 0.330 e. The monoisotopic (exact) mass is 355 g/mol. The van der Waals surface area contributed by atoms with Gasteiger partial charge in [0.1, 0.15) is 0 Å². The van der Waals surface area contributed by atoms with E-state index in [0.717, 1.165) is 32.6 Å². The molecule has 2 fully saturated rings. The van der Waals surface area contributed by atoms with Gasteiger partial charge in [0.25, 0.3) is 5.56 Å². The maximum absolute atomic E-state index is 12.5. The third-order valence-corrected chi connectivity index (χ3v) is 5.96. The van der Waals surface area contributed by atoms with Crippen molar-refractivity contribution < 1.29 is 4.74 Å². The Kier molecular flexibility index (Phi) is 4.32. The SMILES string of the molecule is Cn1cc(CN2CC3(CCOCC3)C2c2ccccc2)c(=O)n(C)c1=O. The van der Waals surface area contributed by atoms with Crippen molar-refractivity contribution in [3.8, 4) is 0 Å². The molecule has 0 saturated carbocycles. The molecule has 1 atom stereocenters. The smallest absolute Gasteiger partial charge is 0.330 e. The summed E-state index contributed by atoms with van der Waals surface area (Å²) >= 11 is 0. The van der Waals surface area contributed by atoms with Crippen molar-refractivity contribution in [1.29, 1.82) is 0 Å². The van der Waals surface area contributed by atoms with E-state index >= 15 is 0 Å². The maximum atomic E-state index is 12.5. The van der Waals surface area contributed by atoms with Gasteiger partial charge in [0.05, 0.1) is 0 Å². The number of benzene rings is 1. The summed E-state index contributed by atoms with van der Waals surface area (Å²) in [5.41, 5.74) is 1.70. The minimum absolute atomic E-state index is 0.201. The van der Waals surface area contributed by atoms with Crippen molar-refractivity contribution in [3.05, 3.63) is 68.5 Å². The first-order chi connectivity index (χ1) is 12.5. The number of aryl methyl sites for hydroxylation is 1. The molecule has 2 saturated heterocycles. The fraction of sp³-hybridized carbons (Fsp3) is 0.500. The highest BCUT2D eigenvalue weighted by Crippen LogP contribution is 2.54. The van der Waals surface area contributed by atoms with E-state index in [2.05, 4.69) is 29.2 Å². The predicted molar refractivity (Wildman–Crippen MR) is 99.0 cm³/mol. The Bertz CT molecular complexity index is 910. The number of aromatic nitrogens is 2. The van der Waals surface area contributed by atoms with Gasteiger partial charge >= 0.3 is 5.69 Å². The van der Waals surface area contributed by atoms with Crippen molar-refractivity contribution in [2.45, 2.75) is 25.4 Å². The molecule has 0 N–H and O–H groups in total. The summed E-state index contributed by atoms with van der Waals surface area (Å²) in [5, 5.41) is 0. The van der Waals surface area contributed by atoms with E-state index in [1.165, 1.54) is 14.7 Å². The molecule has 138 valence electrons. The van der Waals surface area contributed by atoms with Crippen LogP contribution in [0.3, 0.4) is 0 Å². The molecule has 0 bridgehead atoms. The van der Waals surface area contributed by atoms with Crippen LogP contribution in [0.15, 0.2) is 46.1 Å². The quantitative estimate of drug-likeness (QED) is 0.836. The van der Waals surface area contributed by atoms with Crippen LogP contribution in [-0.4, -0.2) is 33.8 Å². The highest BCUT2D eigenvalue weighted by molar-refractivity contribution is 5.26. The third kappa shape index (κ3) is 2.73. The zero-order valence-corrected chi connectivity index (χ0v) is 15.4. The second-order valence-electron chi connectivity index (χ2n) is 7.60. The molecule has 26 heavy (non-hydrogen) atoms. The Labute approximate surface area is 152 Å². The minimum Gasteiger partial charge on any atom is -0.381 e. The molecule has 2 aliphatic rings.